The highest BCUT2D eigenvalue weighted by Crippen LogP contribution is 2.27. The number of fused-ring (bicyclic) bond motifs is 1. The number of benzene rings is 2. The number of hydrogen-bond donors (Lipinski definition) is 1. The van der Waals surface area contributed by atoms with Crippen LogP contribution in [0.15, 0.2) is 41.5 Å². The molecule has 2 aromatic rings. The number of carbonyl (C=O) groups excluding carboxylic acids is 1. The van der Waals surface area contributed by atoms with E-state index < -0.39 is 0 Å². The van der Waals surface area contributed by atoms with Crippen molar-refractivity contribution < 1.29 is 9.53 Å². The zero-order valence-electron chi connectivity index (χ0n) is 12.6. The fourth-order valence-corrected chi connectivity index (χ4v) is 2.00. The highest BCUT2D eigenvalue weighted by molar-refractivity contribution is 6.02. The topological polar surface area (TPSA) is 50.7 Å². The fourth-order valence-electron chi connectivity index (χ4n) is 2.00. The van der Waals surface area contributed by atoms with E-state index in [0.29, 0.717) is 0 Å². The first kappa shape index (κ1) is 15.0. The smallest absolute Gasteiger partial charge is 0.236 e. The van der Waals surface area contributed by atoms with Crippen LogP contribution >= 0.6 is 0 Å². The first-order valence-electron chi connectivity index (χ1n) is 7.10. The van der Waals surface area contributed by atoms with Gasteiger partial charge in [-0.3, -0.25) is 4.79 Å². The van der Waals surface area contributed by atoms with Gasteiger partial charge in [0.2, 0.25) is 5.91 Å². The molecule has 21 heavy (non-hydrogen) atoms. The number of hydrazone groups is 1. The van der Waals surface area contributed by atoms with Gasteiger partial charge >= 0.3 is 0 Å². The van der Waals surface area contributed by atoms with Crippen molar-refractivity contribution in [3.05, 3.63) is 42.0 Å². The van der Waals surface area contributed by atoms with Gasteiger partial charge in [0.1, 0.15) is 5.75 Å². The average molecular weight is 284 g/mol. The zero-order chi connectivity index (χ0) is 15.2. The van der Waals surface area contributed by atoms with E-state index in [2.05, 4.69) is 17.5 Å². The molecule has 0 aliphatic heterocycles. The Kier molecular flexibility index (Phi) is 4.93. The minimum atomic E-state index is -0.198. The van der Waals surface area contributed by atoms with Gasteiger partial charge in [0, 0.05) is 12.5 Å². The lowest BCUT2D eigenvalue weighted by Crippen LogP contribution is -2.14. The summed E-state index contributed by atoms with van der Waals surface area (Å²) in [5.41, 5.74) is 3.31. The SMILES string of the molecule is CC[C@H](C)Oc1ccc2ccccc2c1/C=N\NC(C)=O. The molecule has 1 amide bonds. The van der Waals surface area contributed by atoms with Crippen molar-refractivity contribution in [2.75, 3.05) is 0 Å². The van der Waals surface area contributed by atoms with Gasteiger partial charge in [-0.15, -0.1) is 0 Å². The third kappa shape index (κ3) is 3.81. The van der Waals surface area contributed by atoms with Crippen LogP contribution in [0.3, 0.4) is 0 Å². The number of hydrogen-bond acceptors (Lipinski definition) is 3. The lowest BCUT2D eigenvalue weighted by molar-refractivity contribution is -0.118. The molecule has 0 heterocycles. The molecule has 0 saturated carbocycles. The average Bonchev–Trinajstić information content (AvgIpc) is 2.48. The van der Waals surface area contributed by atoms with Gasteiger partial charge in [0.05, 0.1) is 12.3 Å². The van der Waals surface area contributed by atoms with Crippen LogP contribution < -0.4 is 10.2 Å². The summed E-state index contributed by atoms with van der Waals surface area (Å²) in [6.07, 6.45) is 2.69. The highest BCUT2D eigenvalue weighted by Gasteiger charge is 2.09. The Morgan fingerprint density at radius 2 is 2.10 bits per heavy atom. The first-order valence-corrected chi connectivity index (χ1v) is 7.10. The van der Waals surface area contributed by atoms with Gasteiger partial charge in [-0.2, -0.15) is 5.10 Å². The predicted octanol–water partition coefficient (Wildman–Crippen LogP) is 3.49. The predicted molar refractivity (Wildman–Crippen MR) is 85.7 cm³/mol. The summed E-state index contributed by atoms with van der Waals surface area (Å²) in [6.45, 7) is 5.54. The first-order chi connectivity index (χ1) is 10.1. The van der Waals surface area contributed by atoms with E-state index in [9.17, 15) is 4.79 Å². The summed E-state index contributed by atoms with van der Waals surface area (Å²) < 4.78 is 5.96. The molecule has 1 atom stereocenters. The Morgan fingerprint density at radius 1 is 1.33 bits per heavy atom. The van der Waals surface area contributed by atoms with Crippen molar-refractivity contribution in [1.29, 1.82) is 0 Å². The minimum Gasteiger partial charge on any atom is -0.490 e. The molecule has 0 aliphatic rings. The maximum absolute atomic E-state index is 11.0. The second-order valence-corrected chi connectivity index (χ2v) is 4.96. The molecular formula is C17H20N2O2. The third-order valence-corrected chi connectivity index (χ3v) is 3.25. The molecule has 1 N–H and O–H groups in total. The normalized spacial score (nSPS) is 12.5. The van der Waals surface area contributed by atoms with Crippen molar-refractivity contribution in [3.63, 3.8) is 0 Å². The zero-order valence-corrected chi connectivity index (χ0v) is 12.6. The van der Waals surface area contributed by atoms with Gasteiger partial charge in [-0.1, -0.05) is 37.3 Å². The number of amides is 1. The van der Waals surface area contributed by atoms with Gasteiger partial charge < -0.3 is 4.74 Å². The standard InChI is InChI=1S/C17H20N2O2/c1-4-12(2)21-17-10-9-14-7-5-6-8-15(14)16(17)11-18-19-13(3)20/h5-12H,4H2,1-3H3,(H,19,20)/b18-11-/t12-/m0/s1. The summed E-state index contributed by atoms with van der Waals surface area (Å²) in [6, 6.07) is 12.0. The monoisotopic (exact) mass is 284 g/mol. The van der Waals surface area contributed by atoms with Gasteiger partial charge in [0.15, 0.2) is 0 Å². The fraction of sp³-hybridized carbons (Fsp3) is 0.294. The second kappa shape index (κ2) is 6.88. The highest BCUT2D eigenvalue weighted by atomic mass is 16.5. The molecule has 0 spiro atoms. The van der Waals surface area contributed by atoms with Crippen molar-refractivity contribution in [2.45, 2.75) is 33.3 Å². The summed E-state index contributed by atoms with van der Waals surface area (Å²) >= 11 is 0. The van der Waals surface area contributed by atoms with E-state index in [1.807, 2.05) is 43.3 Å². The van der Waals surface area contributed by atoms with Crippen molar-refractivity contribution in [2.24, 2.45) is 5.10 Å². The van der Waals surface area contributed by atoms with E-state index in [1.54, 1.807) is 6.21 Å². The number of carbonyl (C=O) groups is 1. The second-order valence-electron chi connectivity index (χ2n) is 4.96. The van der Waals surface area contributed by atoms with E-state index >= 15 is 0 Å². The molecule has 0 aliphatic carbocycles. The summed E-state index contributed by atoms with van der Waals surface area (Å²) in [4.78, 5) is 11.0. The number of rotatable bonds is 5. The number of nitrogens with one attached hydrogen (secondary N) is 1. The Morgan fingerprint density at radius 3 is 2.81 bits per heavy atom. The maximum Gasteiger partial charge on any atom is 0.236 e. The summed E-state index contributed by atoms with van der Waals surface area (Å²) in [5, 5.41) is 6.14. The van der Waals surface area contributed by atoms with Crippen molar-refractivity contribution in [3.8, 4) is 5.75 Å². The molecule has 0 radical (unpaired) electrons. The van der Waals surface area contributed by atoms with Crippen LogP contribution in [-0.2, 0) is 4.79 Å². The van der Waals surface area contributed by atoms with Crippen LogP contribution in [0.1, 0.15) is 32.8 Å². The summed E-state index contributed by atoms with van der Waals surface area (Å²) in [7, 11) is 0. The van der Waals surface area contributed by atoms with Crippen LogP contribution in [0.25, 0.3) is 10.8 Å². The van der Waals surface area contributed by atoms with Crippen LogP contribution in [0.2, 0.25) is 0 Å². The Bertz CT molecular complexity index is 665. The molecule has 0 aromatic heterocycles. The van der Waals surface area contributed by atoms with Crippen LogP contribution in [0.5, 0.6) is 5.75 Å². The van der Waals surface area contributed by atoms with E-state index in [0.717, 1.165) is 28.5 Å². The molecule has 2 aromatic carbocycles. The van der Waals surface area contributed by atoms with Crippen LogP contribution in [0, 0.1) is 0 Å². The molecule has 2 rings (SSSR count). The number of ether oxygens (including phenoxy) is 1. The quantitative estimate of drug-likeness (QED) is 0.675. The molecule has 110 valence electrons. The van der Waals surface area contributed by atoms with E-state index in [-0.39, 0.29) is 12.0 Å². The molecule has 0 saturated heterocycles. The molecule has 4 heteroatoms. The molecule has 0 bridgehead atoms. The molecule has 0 unspecified atom stereocenters. The minimum absolute atomic E-state index is 0.124. The largest absolute Gasteiger partial charge is 0.490 e. The maximum atomic E-state index is 11.0. The van der Waals surface area contributed by atoms with E-state index in [4.69, 9.17) is 4.74 Å². The van der Waals surface area contributed by atoms with Crippen molar-refractivity contribution in [1.82, 2.24) is 5.43 Å². The Balaban J connectivity index is 2.46. The summed E-state index contributed by atoms with van der Waals surface area (Å²) in [5.74, 6) is 0.577. The molecule has 0 fully saturated rings. The lowest BCUT2D eigenvalue weighted by Gasteiger charge is -2.16. The van der Waals surface area contributed by atoms with Gasteiger partial charge in [0.25, 0.3) is 0 Å². The number of nitrogens with zero attached hydrogens (tertiary/aromatic N) is 1. The molecular weight excluding hydrogens is 264 g/mol. The van der Waals surface area contributed by atoms with Crippen LogP contribution in [0.4, 0.5) is 0 Å². The van der Waals surface area contributed by atoms with Crippen molar-refractivity contribution >= 4 is 22.9 Å². The molecule has 4 nitrogen and oxygen atoms in total. The Labute approximate surface area is 124 Å². The van der Waals surface area contributed by atoms with Gasteiger partial charge in [-0.05, 0) is 30.2 Å². The third-order valence-electron chi connectivity index (χ3n) is 3.25. The lowest BCUT2D eigenvalue weighted by atomic mass is 10.0. The van der Waals surface area contributed by atoms with Crippen LogP contribution in [-0.4, -0.2) is 18.2 Å². The van der Waals surface area contributed by atoms with E-state index in [1.165, 1.54) is 6.92 Å². The van der Waals surface area contributed by atoms with Gasteiger partial charge in [-0.25, -0.2) is 5.43 Å². The Hall–Kier alpha value is -2.36.